The summed E-state index contributed by atoms with van der Waals surface area (Å²) >= 11 is 0. The van der Waals surface area contributed by atoms with Gasteiger partial charge in [-0.05, 0) is 29.8 Å². The van der Waals surface area contributed by atoms with Gasteiger partial charge in [-0.3, -0.25) is 4.90 Å². The standard InChI is InChI=1S/C19H22N2O3.C2H6/c1-24-17-9-7-16(8-10-17)21-12-11-20(14-18(21)19(22)23)13-15-5-3-2-4-6-15;1-2/h2-10,18H,11-14H2,1H3,(H,22,23);1-2H3. The van der Waals surface area contributed by atoms with Crippen molar-refractivity contribution in [3.8, 4) is 5.75 Å². The highest BCUT2D eigenvalue weighted by Gasteiger charge is 2.32. The Morgan fingerprint density at radius 2 is 1.73 bits per heavy atom. The number of methoxy groups -OCH3 is 1. The summed E-state index contributed by atoms with van der Waals surface area (Å²) in [5, 5.41) is 9.66. The van der Waals surface area contributed by atoms with Crippen LogP contribution < -0.4 is 9.64 Å². The van der Waals surface area contributed by atoms with Crippen LogP contribution in [0.25, 0.3) is 0 Å². The number of carbonyl (C=O) groups is 1. The molecule has 0 saturated carbocycles. The molecule has 1 aliphatic rings. The monoisotopic (exact) mass is 356 g/mol. The number of anilines is 1. The number of piperazine rings is 1. The fraction of sp³-hybridized carbons (Fsp3) is 0.381. The van der Waals surface area contributed by atoms with E-state index in [1.54, 1.807) is 7.11 Å². The molecule has 0 spiro atoms. The van der Waals surface area contributed by atoms with E-state index in [2.05, 4.69) is 17.0 Å². The van der Waals surface area contributed by atoms with Crippen molar-refractivity contribution in [2.24, 2.45) is 0 Å². The molecule has 1 N–H and O–H groups in total. The number of nitrogens with zero attached hydrogens (tertiary/aromatic N) is 2. The molecule has 140 valence electrons. The zero-order valence-corrected chi connectivity index (χ0v) is 15.8. The van der Waals surface area contributed by atoms with Crippen LogP contribution >= 0.6 is 0 Å². The molecule has 26 heavy (non-hydrogen) atoms. The highest BCUT2D eigenvalue weighted by molar-refractivity contribution is 5.79. The van der Waals surface area contributed by atoms with Crippen LogP contribution in [0.3, 0.4) is 0 Å². The van der Waals surface area contributed by atoms with Crippen LogP contribution in [0.5, 0.6) is 5.75 Å². The van der Waals surface area contributed by atoms with E-state index in [4.69, 9.17) is 4.74 Å². The van der Waals surface area contributed by atoms with Gasteiger partial charge in [0.15, 0.2) is 0 Å². The van der Waals surface area contributed by atoms with Gasteiger partial charge in [0.25, 0.3) is 0 Å². The van der Waals surface area contributed by atoms with Gasteiger partial charge in [0.2, 0.25) is 0 Å². The summed E-state index contributed by atoms with van der Waals surface area (Å²) in [5.74, 6) is -0.0167. The number of carboxylic acids is 1. The lowest BCUT2D eigenvalue weighted by atomic mass is 10.1. The topological polar surface area (TPSA) is 53.0 Å². The first-order valence-electron chi connectivity index (χ1n) is 9.07. The molecule has 1 fully saturated rings. The normalized spacial score (nSPS) is 17.2. The number of aliphatic carboxylic acids is 1. The van der Waals surface area contributed by atoms with Gasteiger partial charge in [0, 0.05) is 31.9 Å². The van der Waals surface area contributed by atoms with E-state index in [0.717, 1.165) is 24.5 Å². The summed E-state index contributed by atoms with van der Waals surface area (Å²) in [5.41, 5.74) is 2.13. The van der Waals surface area contributed by atoms with Gasteiger partial charge in [-0.25, -0.2) is 4.79 Å². The minimum Gasteiger partial charge on any atom is -0.497 e. The maximum absolute atomic E-state index is 11.8. The zero-order valence-electron chi connectivity index (χ0n) is 15.8. The first kappa shape index (κ1) is 19.8. The van der Waals surface area contributed by atoms with E-state index < -0.39 is 12.0 Å². The van der Waals surface area contributed by atoms with Gasteiger partial charge in [0.1, 0.15) is 11.8 Å². The van der Waals surface area contributed by atoms with E-state index in [1.165, 1.54) is 5.56 Å². The molecule has 1 saturated heterocycles. The van der Waals surface area contributed by atoms with E-state index >= 15 is 0 Å². The van der Waals surface area contributed by atoms with E-state index in [9.17, 15) is 9.90 Å². The summed E-state index contributed by atoms with van der Waals surface area (Å²) in [6, 6.07) is 17.2. The summed E-state index contributed by atoms with van der Waals surface area (Å²) < 4.78 is 5.17. The van der Waals surface area contributed by atoms with Crippen molar-refractivity contribution in [1.29, 1.82) is 0 Å². The Bertz CT molecular complexity index is 673. The predicted molar refractivity (Wildman–Crippen MR) is 105 cm³/mol. The summed E-state index contributed by atoms with van der Waals surface area (Å²) in [4.78, 5) is 15.9. The second kappa shape index (κ2) is 9.82. The van der Waals surface area contributed by atoms with Gasteiger partial charge in [-0.2, -0.15) is 0 Å². The Hall–Kier alpha value is -2.53. The SMILES string of the molecule is CC.COc1ccc(N2CCN(Cc3ccccc3)CC2C(=O)O)cc1. The van der Waals surface area contributed by atoms with Crippen molar-refractivity contribution >= 4 is 11.7 Å². The highest BCUT2D eigenvalue weighted by atomic mass is 16.5. The fourth-order valence-corrected chi connectivity index (χ4v) is 3.12. The molecule has 1 aliphatic heterocycles. The number of hydrogen-bond acceptors (Lipinski definition) is 4. The second-order valence-corrected chi connectivity index (χ2v) is 5.97. The fourth-order valence-electron chi connectivity index (χ4n) is 3.12. The number of rotatable bonds is 5. The molecular weight excluding hydrogens is 328 g/mol. The van der Waals surface area contributed by atoms with Crippen molar-refractivity contribution < 1.29 is 14.6 Å². The van der Waals surface area contributed by atoms with Crippen molar-refractivity contribution in [2.75, 3.05) is 31.6 Å². The number of ether oxygens (including phenoxy) is 1. The number of benzene rings is 2. The third kappa shape index (κ3) is 4.99. The Labute approximate surface area is 155 Å². The van der Waals surface area contributed by atoms with Crippen molar-refractivity contribution in [3.63, 3.8) is 0 Å². The van der Waals surface area contributed by atoms with E-state index in [-0.39, 0.29) is 0 Å². The first-order chi connectivity index (χ1) is 12.7. The van der Waals surface area contributed by atoms with Crippen LogP contribution in [0.15, 0.2) is 54.6 Å². The Kier molecular flexibility index (Phi) is 7.48. The average Bonchev–Trinajstić information content (AvgIpc) is 2.70. The second-order valence-electron chi connectivity index (χ2n) is 5.97. The molecule has 3 rings (SSSR count). The quantitative estimate of drug-likeness (QED) is 0.889. The van der Waals surface area contributed by atoms with Crippen LogP contribution in [-0.2, 0) is 11.3 Å². The Morgan fingerprint density at radius 1 is 1.08 bits per heavy atom. The van der Waals surface area contributed by atoms with Crippen molar-refractivity contribution in [3.05, 3.63) is 60.2 Å². The molecule has 5 nitrogen and oxygen atoms in total. The molecule has 5 heteroatoms. The van der Waals surface area contributed by atoms with Crippen LogP contribution in [0.2, 0.25) is 0 Å². The third-order valence-corrected chi connectivity index (χ3v) is 4.40. The molecule has 2 aromatic carbocycles. The summed E-state index contributed by atoms with van der Waals surface area (Å²) in [6.45, 7) is 6.82. The van der Waals surface area contributed by atoms with Crippen LogP contribution in [0.4, 0.5) is 5.69 Å². The lowest BCUT2D eigenvalue weighted by Gasteiger charge is -2.40. The van der Waals surface area contributed by atoms with Gasteiger partial charge < -0.3 is 14.7 Å². The average molecular weight is 356 g/mol. The highest BCUT2D eigenvalue weighted by Crippen LogP contribution is 2.24. The van der Waals surface area contributed by atoms with Gasteiger partial charge in [-0.1, -0.05) is 44.2 Å². The Morgan fingerprint density at radius 3 is 2.31 bits per heavy atom. The summed E-state index contributed by atoms with van der Waals surface area (Å²) in [7, 11) is 1.62. The smallest absolute Gasteiger partial charge is 0.327 e. The summed E-state index contributed by atoms with van der Waals surface area (Å²) in [6.07, 6.45) is 0. The molecule has 2 aromatic rings. The molecule has 0 radical (unpaired) electrons. The number of carboxylic acid groups (broad SMARTS) is 1. The molecule has 0 bridgehead atoms. The van der Waals surface area contributed by atoms with Gasteiger partial charge >= 0.3 is 5.97 Å². The minimum atomic E-state index is -0.788. The molecule has 0 aliphatic carbocycles. The largest absolute Gasteiger partial charge is 0.497 e. The maximum Gasteiger partial charge on any atom is 0.327 e. The van der Waals surface area contributed by atoms with E-state index in [1.807, 2.05) is 61.2 Å². The van der Waals surface area contributed by atoms with Crippen LogP contribution in [0, 0.1) is 0 Å². The lowest BCUT2D eigenvalue weighted by molar-refractivity contribution is -0.139. The molecule has 1 atom stereocenters. The maximum atomic E-state index is 11.8. The van der Waals surface area contributed by atoms with Gasteiger partial charge in [-0.15, -0.1) is 0 Å². The lowest BCUT2D eigenvalue weighted by Crippen LogP contribution is -2.56. The number of hydrogen-bond donors (Lipinski definition) is 1. The van der Waals surface area contributed by atoms with Crippen molar-refractivity contribution in [1.82, 2.24) is 4.90 Å². The predicted octanol–water partition coefficient (Wildman–Crippen LogP) is 3.50. The minimum absolute atomic E-state index is 0.510. The zero-order chi connectivity index (χ0) is 18.9. The molecule has 0 amide bonds. The van der Waals surface area contributed by atoms with Crippen molar-refractivity contribution in [2.45, 2.75) is 26.4 Å². The Balaban J connectivity index is 0.00000117. The third-order valence-electron chi connectivity index (χ3n) is 4.40. The molecular formula is C21H28N2O3. The van der Waals surface area contributed by atoms with Gasteiger partial charge in [0.05, 0.1) is 7.11 Å². The van der Waals surface area contributed by atoms with E-state index in [0.29, 0.717) is 13.1 Å². The first-order valence-corrected chi connectivity index (χ1v) is 9.07. The molecule has 1 heterocycles. The molecule has 0 aromatic heterocycles. The van der Waals surface area contributed by atoms with Crippen LogP contribution in [-0.4, -0.2) is 48.8 Å². The molecule has 1 unspecified atom stereocenters. The van der Waals surface area contributed by atoms with Crippen LogP contribution in [0.1, 0.15) is 19.4 Å².